The fourth-order valence-electron chi connectivity index (χ4n) is 2.50. The van der Waals surface area contributed by atoms with Crippen molar-refractivity contribution in [2.75, 3.05) is 18.2 Å². The number of nitrogens with one attached hydrogen (secondary N) is 1. The van der Waals surface area contributed by atoms with Crippen molar-refractivity contribution in [3.63, 3.8) is 0 Å². The van der Waals surface area contributed by atoms with Gasteiger partial charge in [0.15, 0.2) is 5.16 Å². The van der Waals surface area contributed by atoms with Gasteiger partial charge in [0.05, 0.1) is 12.9 Å². The molecule has 9 heteroatoms. The number of aromatic nitrogens is 3. The maximum absolute atomic E-state index is 12.2. The first-order valence-corrected chi connectivity index (χ1v) is 10.1. The lowest BCUT2D eigenvalue weighted by Crippen LogP contribution is -2.14. The van der Waals surface area contributed by atoms with Gasteiger partial charge in [-0.05, 0) is 35.9 Å². The molecule has 2 aromatic carbocycles. The van der Waals surface area contributed by atoms with E-state index in [0.717, 1.165) is 17.1 Å². The molecular weight excluding hydrogens is 419 g/mol. The van der Waals surface area contributed by atoms with Crippen LogP contribution >= 0.6 is 35.0 Å². The average Bonchev–Trinajstić information content (AvgIpc) is 2.99. The standard InChI is InChI=1S/C19H18Cl2N4O2S/c1-25-17(7-12-3-5-16(27-2)6-4-12)23-24-19(25)28-11-18(26)22-15-9-13(20)8-14(21)10-15/h3-6,8-10H,7,11H2,1-2H3,(H,22,26). The Morgan fingerprint density at radius 1 is 1.14 bits per heavy atom. The number of anilines is 1. The topological polar surface area (TPSA) is 69.0 Å². The minimum Gasteiger partial charge on any atom is -0.497 e. The first-order valence-electron chi connectivity index (χ1n) is 8.34. The summed E-state index contributed by atoms with van der Waals surface area (Å²) >= 11 is 13.2. The van der Waals surface area contributed by atoms with Gasteiger partial charge in [0.25, 0.3) is 0 Å². The summed E-state index contributed by atoms with van der Waals surface area (Å²) in [6, 6.07) is 12.7. The summed E-state index contributed by atoms with van der Waals surface area (Å²) in [6.45, 7) is 0. The molecule has 0 radical (unpaired) electrons. The molecule has 0 fully saturated rings. The third-order valence-corrected chi connectivity index (χ3v) is 5.38. The van der Waals surface area contributed by atoms with Gasteiger partial charge in [-0.15, -0.1) is 10.2 Å². The van der Waals surface area contributed by atoms with Crippen LogP contribution in [0.2, 0.25) is 10.0 Å². The number of halogens is 2. The number of rotatable bonds is 7. The molecule has 0 atom stereocenters. The lowest BCUT2D eigenvalue weighted by molar-refractivity contribution is -0.113. The summed E-state index contributed by atoms with van der Waals surface area (Å²) in [7, 11) is 3.52. The van der Waals surface area contributed by atoms with Crippen LogP contribution in [0.5, 0.6) is 5.75 Å². The molecular formula is C19H18Cl2N4O2S. The Labute approximate surface area is 177 Å². The number of carbonyl (C=O) groups excluding carboxylic acids is 1. The van der Waals surface area contributed by atoms with Crippen LogP contribution in [0.15, 0.2) is 47.6 Å². The van der Waals surface area contributed by atoms with Crippen molar-refractivity contribution in [3.8, 4) is 5.75 Å². The van der Waals surface area contributed by atoms with E-state index in [1.165, 1.54) is 11.8 Å². The Bertz CT molecular complexity index is 956. The van der Waals surface area contributed by atoms with Crippen molar-refractivity contribution in [1.29, 1.82) is 0 Å². The number of thioether (sulfide) groups is 1. The number of benzene rings is 2. The fourth-order valence-corrected chi connectivity index (χ4v) is 3.76. The monoisotopic (exact) mass is 436 g/mol. The molecule has 0 aliphatic heterocycles. The van der Waals surface area contributed by atoms with E-state index < -0.39 is 0 Å². The third-order valence-electron chi connectivity index (χ3n) is 3.93. The van der Waals surface area contributed by atoms with E-state index in [4.69, 9.17) is 27.9 Å². The van der Waals surface area contributed by atoms with Gasteiger partial charge in [0, 0.05) is 29.2 Å². The summed E-state index contributed by atoms with van der Waals surface area (Å²) in [5.41, 5.74) is 1.66. The van der Waals surface area contributed by atoms with E-state index >= 15 is 0 Å². The second-order valence-electron chi connectivity index (χ2n) is 5.98. The van der Waals surface area contributed by atoms with Gasteiger partial charge in [-0.2, -0.15) is 0 Å². The predicted octanol–water partition coefficient (Wildman–Crippen LogP) is 4.45. The highest BCUT2D eigenvalue weighted by molar-refractivity contribution is 7.99. The summed E-state index contributed by atoms with van der Waals surface area (Å²) in [4.78, 5) is 12.2. The summed E-state index contributed by atoms with van der Waals surface area (Å²) in [6.07, 6.45) is 0.640. The number of hydrogen-bond acceptors (Lipinski definition) is 5. The molecule has 3 rings (SSSR count). The average molecular weight is 437 g/mol. The third kappa shape index (κ3) is 5.41. The van der Waals surface area contributed by atoms with Crippen LogP contribution in [0.1, 0.15) is 11.4 Å². The van der Waals surface area contributed by atoms with Crippen LogP contribution < -0.4 is 10.1 Å². The molecule has 0 bridgehead atoms. The smallest absolute Gasteiger partial charge is 0.234 e. The zero-order valence-electron chi connectivity index (χ0n) is 15.3. The van der Waals surface area contributed by atoms with E-state index in [0.29, 0.717) is 27.3 Å². The number of hydrogen-bond donors (Lipinski definition) is 1. The van der Waals surface area contributed by atoms with Gasteiger partial charge in [-0.25, -0.2) is 0 Å². The maximum atomic E-state index is 12.2. The van der Waals surface area contributed by atoms with Crippen molar-refractivity contribution in [2.45, 2.75) is 11.6 Å². The highest BCUT2D eigenvalue weighted by Crippen LogP contribution is 2.23. The van der Waals surface area contributed by atoms with Crippen molar-refractivity contribution >= 4 is 46.6 Å². The van der Waals surface area contributed by atoms with E-state index in [-0.39, 0.29) is 11.7 Å². The Balaban J connectivity index is 1.58. The maximum Gasteiger partial charge on any atom is 0.234 e. The van der Waals surface area contributed by atoms with Gasteiger partial charge >= 0.3 is 0 Å². The molecule has 0 spiro atoms. The van der Waals surface area contributed by atoms with Gasteiger partial charge in [-0.3, -0.25) is 4.79 Å². The first-order chi connectivity index (χ1) is 13.4. The number of ether oxygens (including phenoxy) is 1. The molecule has 28 heavy (non-hydrogen) atoms. The highest BCUT2D eigenvalue weighted by Gasteiger charge is 2.12. The molecule has 146 valence electrons. The summed E-state index contributed by atoms with van der Waals surface area (Å²) in [5, 5.41) is 12.8. The molecule has 3 aromatic rings. The number of methoxy groups -OCH3 is 1. The van der Waals surface area contributed by atoms with Crippen molar-refractivity contribution in [1.82, 2.24) is 14.8 Å². The molecule has 1 N–H and O–H groups in total. The molecule has 0 aliphatic rings. The molecule has 0 saturated heterocycles. The minimum absolute atomic E-state index is 0.178. The number of nitrogens with zero attached hydrogens (tertiary/aromatic N) is 3. The molecule has 6 nitrogen and oxygen atoms in total. The second-order valence-corrected chi connectivity index (χ2v) is 7.79. The van der Waals surface area contributed by atoms with Crippen molar-refractivity contribution in [2.24, 2.45) is 7.05 Å². The fraction of sp³-hybridized carbons (Fsp3) is 0.211. The quantitative estimate of drug-likeness (QED) is 0.553. The second kappa shape index (κ2) is 9.32. The highest BCUT2D eigenvalue weighted by atomic mass is 35.5. The van der Waals surface area contributed by atoms with Crippen LogP contribution in [0, 0.1) is 0 Å². The number of carbonyl (C=O) groups is 1. The Kier molecular flexibility index (Phi) is 6.83. The molecule has 0 unspecified atom stereocenters. The Morgan fingerprint density at radius 2 is 1.82 bits per heavy atom. The van der Waals surface area contributed by atoms with Crippen LogP contribution in [-0.2, 0) is 18.3 Å². The summed E-state index contributed by atoms with van der Waals surface area (Å²) in [5.74, 6) is 1.64. The number of amides is 1. The lowest BCUT2D eigenvalue weighted by atomic mass is 10.1. The molecule has 1 aromatic heterocycles. The zero-order valence-corrected chi connectivity index (χ0v) is 17.6. The normalized spacial score (nSPS) is 10.7. The van der Waals surface area contributed by atoms with Crippen molar-refractivity contribution < 1.29 is 9.53 Å². The van der Waals surface area contributed by atoms with Crippen LogP contribution in [-0.4, -0.2) is 33.5 Å². The molecule has 1 amide bonds. The van der Waals surface area contributed by atoms with E-state index in [2.05, 4.69) is 15.5 Å². The van der Waals surface area contributed by atoms with Gasteiger partial charge in [0.2, 0.25) is 5.91 Å². The largest absolute Gasteiger partial charge is 0.497 e. The Hall–Kier alpha value is -2.22. The van der Waals surface area contributed by atoms with Gasteiger partial charge < -0.3 is 14.6 Å². The van der Waals surface area contributed by atoms with Crippen LogP contribution in [0.3, 0.4) is 0 Å². The van der Waals surface area contributed by atoms with E-state index in [9.17, 15) is 4.79 Å². The molecule has 0 saturated carbocycles. The van der Waals surface area contributed by atoms with Gasteiger partial charge in [0.1, 0.15) is 11.6 Å². The summed E-state index contributed by atoms with van der Waals surface area (Å²) < 4.78 is 7.06. The SMILES string of the molecule is COc1ccc(Cc2nnc(SCC(=O)Nc3cc(Cl)cc(Cl)c3)n2C)cc1. The van der Waals surface area contributed by atoms with E-state index in [1.54, 1.807) is 25.3 Å². The van der Waals surface area contributed by atoms with Crippen LogP contribution in [0.25, 0.3) is 0 Å². The van der Waals surface area contributed by atoms with E-state index in [1.807, 2.05) is 35.9 Å². The minimum atomic E-state index is -0.178. The molecule has 1 heterocycles. The predicted molar refractivity (Wildman–Crippen MR) is 113 cm³/mol. The molecule has 0 aliphatic carbocycles. The Morgan fingerprint density at radius 3 is 2.46 bits per heavy atom. The van der Waals surface area contributed by atoms with Crippen LogP contribution in [0.4, 0.5) is 5.69 Å². The zero-order chi connectivity index (χ0) is 20.1. The first kappa shape index (κ1) is 20.5. The van der Waals surface area contributed by atoms with Gasteiger partial charge in [-0.1, -0.05) is 47.1 Å². The lowest BCUT2D eigenvalue weighted by Gasteiger charge is -2.07. The van der Waals surface area contributed by atoms with Crippen molar-refractivity contribution in [3.05, 3.63) is 63.9 Å².